The van der Waals surface area contributed by atoms with Crippen LogP contribution in [0.15, 0.2) is 48.7 Å². The predicted molar refractivity (Wildman–Crippen MR) is 152 cm³/mol. The van der Waals surface area contributed by atoms with Gasteiger partial charge in [0.25, 0.3) is 5.91 Å². The average Bonchev–Trinajstić information content (AvgIpc) is 3.62. The molecule has 1 aromatic heterocycles. The van der Waals surface area contributed by atoms with E-state index >= 15 is 0 Å². The van der Waals surface area contributed by atoms with Crippen LogP contribution in [0.4, 0.5) is 0 Å². The predicted octanol–water partition coefficient (Wildman–Crippen LogP) is 4.16. The Kier molecular flexibility index (Phi) is 6.79. The first-order chi connectivity index (χ1) is 17.5. The third-order valence-corrected chi connectivity index (χ3v) is 8.65. The number of aryl methyl sites for hydroxylation is 1. The van der Waals surface area contributed by atoms with E-state index in [-0.39, 0.29) is 17.0 Å². The SMILES string of the molecule is Cc1ccc(OC([SiH3])[C@@H]2CCN2C)cc1C(=O)NC1(c2cc(OCC(C)(C)C)cc3ncccc23)CC1. The van der Waals surface area contributed by atoms with Gasteiger partial charge in [0.15, 0.2) is 0 Å². The van der Waals surface area contributed by atoms with Crippen molar-refractivity contribution in [2.75, 3.05) is 20.2 Å². The lowest BCUT2D eigenvalue weighted by atomic mass is 9.97. The van der Waals surface area contributed by atoms with Crippen LogP contribution in [0.2, 0.25) is 0 Å². The summed E-state index contributed by atoms with van der Waals surface area (Å²) in [6.45, 7) is 10.2. The number of nitrogens with one attached hydrogen (secondary N) is 1. The first-order valence-corrected chi connectivity index (χ1v) is 14.5. The van der Waals surface area contributed by atoms with Gasteiger partial charge in [0.2, 0.25) is 0 Å². The minimum Gasteiger partial charge on any atom is -0.494 e. The minimum atomic E-state index is -0.419. The standard InChI is InChI=1S/C30H39N3O3Si/c1-19-8-9-20(36-28(37)26-10-14-33(26)5)15-23(19)27(34)32-30(11-12-30)24-16-21(35-18-29(2,3)4)17-25-22(24)7-6-13-31-25/h6-9,13,15-17,26,28H,10-12,14,18H2,1-5,37H3,(H,32,34)/t26-,28?/m0/s1. The Hall–Kier alpha value is -2.90. The van der Waals surface area contributed by atoms with Crippen molar-refractivity contribution in [1.29, 1.82) is 0 Å². The molecule has 1 saturated carbocycles. The number of carbonyl (C=O) groups excluding carboxylic acids is 1. The molecule has 1 unspecified atom stereocenters. The summed E-state index contributed by atoms with van der Waals surface area (Å²) in [6, 6.07) is 14.5. The molecule has 5 rings (SSSR count). The number of hydrogen-bond donors (Lipinski definition) is 1. The van der Waals surface area contributed by atoms with E-state index in [2.05, 4.69) is 55.2 Å². The van der Waals surface area contributed by atoms with Crippen LogP contribution in [0.5, 0.6) is 11.5 Å². The largest absolute Gasteiger partial charge is 0.494 e. The highest BCUT2D eigenvalue weighted by molar-refractivity contribution is 6.11. The molecule has 7 heteroatoms. The van der Waals surface area contributed by atoms with Gasteiger partial charge in [0, 0.05) is 29.3 Å². The van der Waals surface area contributed by atoms with Crippen LogP contribution in [-0.4, -0.2) is 58.0 Å². The van der Waals surface area contributed by atoms with Crippen molar-refractivity contribution in [3.05, 3.63) is 65.4 Å². The van der Waals surface area contributed by atoms with E-state index in [0.717, 1.165) is 63.2 Å². The monoisotopic (exact) mass is 517 g/mol. The number of hydrogen-bond acceptors (Lipinski definition) is 5. The number of amides is 1. The number of likely N-dealkylation sites (tertiary alicyclic amines) is 1. The normalized spacial score (nSPS) is 19.8. The average molecular weight is 518 g/mol. The lowest BCUT2D eigenvalue weighted by Gasteiger charge is -2.41. The van der Waals surface area contributed by atoms with Gasteiger partial charge in [-0.3, -0.25) is 9.78 Å². The number of benzene rings is 2. The molecule has 0 bridgehead atoms. The second-order valence-electron chi connectivity index (χ2n) is 12.1. The summed E-state index contributed by atoms with van der Waals surface area (Å²) >= 11 is 0. The van der Waals surface area contributed by atoms with Crippen molar-refractivity contribution < 1.29 is 14.3 Å². The highest BCUT2D eigenvalue weighted by Crippen LogP contribution is 2.49. The Morgan fingerprint density at radius 2 is 2.00 bits per heavy atom. The maximum atomic E-state index is 13.7. The summed E-state index contributed by atoms with van der Waals surface area (Å²) in [6.07, 6.45) is 4.75. The number of nitrogens with zero attached hydrogens (tertiary/aromatic N) is 2. The molecule has 196 valence electrons. The first-order valence-electron chi connectivity index (χ1n) is 13.4. The topological polar surface area (TPSA) is 63.7 Å². The number of carbonyl (C=O) groups is 1. The summed E-state index contributed by atoms with van der Waals surface area (Å²) in [5, 5.41) is 4.44. The highest BCUT2D eigenvalue weighted by atomic mass is 28.1. The molecule has 2 aliphatic rings. The maximum absolute atomic E-state index is 13.7. The fourth-order valence-electron chi connectivity index (χ4n) is 5.15. The minimum absolute atomic E-state index is 0.0450. The smallest absolute Gasteiger partial charge is 0.252 e. The molecule has 1 aliphatic heterocycles. The van der Waals surface area contributed by atoms with E-state index in [1.54, 1.807) is 6.20 Å². The van der Waals surface area contributed by atoms with Gasteiger partial charge in [-0.15, -0.1) is 0 Å². The Balaban J connectivity index is 1.40. The molecule has 1 N–H and O–H groups in total. The van der Waals surface area contributed by atoms with Gasteiger partial charge >= 0.3 is 0 Å². The summed E-state index contributed by atoms with van der Waals surface area (Å²) in [7, 11) is 3.09. The van der Waals surface area contributed by atoms with Crippen LogP contribution in [0.25, 0.3) is 10.9 Å². The number of fused-ring (bicyclic) bond motifs is 1. The van der Waals surface area contributed by atoms with E-state index in [4.69, 9.17) is 9.47 Å². The second kappa shape index (κ2) is 9.76. The fourth-order valence-corrected chi connectivity index (χ4v) is 6.26. The molecule has 2 fully saturated rings. The zero-order valence-electron chi connectivity index (χ0n) is 22.9. The Bertz CT molecular complexity index is 1320. The van der Waals surface area contributed by atoms with Gasteiger partial charge in [-0.25, -0.2) is 0 Å². The Labute approximate surface area is 223 Å². The van der Waals surface area contributed by atoms with Crippen LogP contribution in [0, 0.1) is 12.3 Å². The molecule has 3 aromatic rings. The molecule has 2 atom stereocenters. The Morgan fingerprint density at radius 3 is 2.65 bits per heavy atom. The molecule has 2 aromatic carbocycles. The van der Waals surface area contributed by atoms with Crippen molar-refractivity contribution in [3.8, 4) is 11.5 Å². The fraction of sp³-hybridized carbons (Fsp3) is 0.467. The van der Waals surface area contributed by atoms with Crippen LogP contribution < -0.4 is 14.8 Å². The van der Waals surface area contributed by atoms with Crippen LogP contribution in [-0.2, 0) is 5.54 Å². The van der Waals surface area contributed by atoms with Gasteiger partial charge < -0.3 is 19.7 Å². The maximum Gasteiger partial charge on any atom is 0.252 e. The number of aromatic nitrogens is 1. The van der Waals surface area contributed by atoms with Crippen molar-refractivity contribution in [2.24, 2.45) is 5.41 Å². The van der Waals surface area contributed by atoms with Crippen molar-refractivity contribution in [2.45, 2.75) is 64.3 Å². The zero-order valence-corrected chi connectivity index (χ0v) is 24.9. The molecule has 2 heterocycles. The molecule has 0 spiro atoms. The van der Waals surface area contributed by atoms with Crippen molar-refractivity contribution >= 4 is 27.1 Å². The van der Waals surface area contributed by atoms with E-state index < -0.39 is 5.54 Å². The van der Waals surface area contributed by atoms with Gasteiger partial charge in [0.05, 0.1) is 33.6 Å². The molecule has 6 nitrogen and oxygen atoms in total. The quantitative estimate of drug-likeness (QED) is 0.455. The summed E-state index contributed by atoms with van der Waals surface area (Å²) in [4.78, 5) is 20.6. The van der Waals surface area contributed by atoms with E-state index in [9.17, 15) is 4.79 Å². The molecule has 1 saturated heterocycles. The Morgan fingerprint density at radius 1 is 1.22 bits per heavy atom. The van der Waals surface area contributed by atoms with Gasteiger partial charge in [-0.1, -0.05) is 32.9 Å². The molecule has 37 heavy (non-hydrogen) atoms. The number of likely N-dealkylation sites (N-methyl/N-ethyl adjacent to an activating group) is 1. The van der Waals surface area contributed by atoms with E-state index in [1.807, 2.05) is 37.3 Å². The van der Waals surface area contributed by atoms with Gasteiger partial charge in [-0.2, -0.15) is 0 Å². The lowest BCUT2D eigenvalue weighted by molar-refractivity contribution is 0.0562. The van der Waals surface area contributed by atoms with E-state index in [0.29, 0.717) is 18.2 Å². The molecule has 1 aliphatic carbocycles. The summed E-state index contributed by atoms with van der Waals surface area (Å²) in [5.41, 5.74) is 3.41. The number of rotatable bonds is 8. The summed E-state index contributed by atoms with van der Waals surface area (Å²) < 4.78 is 12.5. The van der Waals surface area contributed by atoms with Crippen LogP contribution >= 0.6 is 0 Å². The number of ether oxygens (including phenoxy) is 2. The first kappa shape index (κ1) is 25.7. The highest BCUT2D eigenvalue weighted by Gasteiger charge is 2.47. The van der Waals surface area contributed by atoms with Gasteiger partial charge in [-0.05, 0) is 80.6 Å². The van der Waals surface area contributed by atoms with Crippen LogP contribution in [0.1, 0.15) is 61.5 Å². The van der Waals surface area contributed by atoms with Crippen LogP contribution in [0.3, 0.4) is 0 Å². The molecule has 0 radical (unpaired) electrons. The molecular formula is C30H39N3O3Si. The lowest BCUT2D eigenvalue weighted by Crippen LogP contribution is -2.53. The summed E-state index contributed by atoms with van der Waals surface area (Å²) in [5.74, 6) is 1.50. The molecule has 1 amide bonds. The molecular weight excluding hydrogens is 478 g/mol. The van der Waals surface area contributed by atoms with Crippen molar-refractivity contribution in [1.82, 2.24) is 15.2 Å². The zero-order chi connectivity index (χ0) is 26.4. The number of pyridine rings is 1. The third kappa shape index (κ3) is 5.53. The third-order valence-electron chi connectivity index (χ3n) is 7.65. The van der Waals surface area contributed by atoms with Crippen molar-refractivity contribution in [3.63, 3.8) is 0 Å². The van der Waals surface area contributed by atoms with E-state index in [1.165, 1.54) is 6.42 Å². The van der Waals surface area contributed by atoms with Gasteiger partial charge in [0.1, 0.15) is 11.5 Å². The second-order valence-corrected chi connectivity index (χ2v) is 13.2.